The molecule has 36 heavy (non-hydrogen) atoms. The molecule has 4 aliphatic carbocycles. The van der Waals surface area contributed by atoms with Crippen LogP contribution in [-0.2, 0) is 11.8 Å². The molecule has 5 nitrogen and oxygen atoms in total. The molecule has 2 heterocycles. The molecule has 0 radical (unpaired) electrons. The van der Waals surface area contributed by atoms with Gasteiger partial charge >= 0.3 is 0 Å². The molecule has 0 saturated heterocycles. The maximum absolute atomic E-state index is 10.4. The summed E-state index contributed by atoms with van der Waals surface area (Å²) in [7, 11) is 0. The highest BCUT2D eigenvalue weighted by atomic mass is 16.3. The zero-order chi connectivity index (χ0) is 24.8. The Morgan fingerprint density at radius 3 is 2.56 bits per heavy atom. The van der Waals surface area contributed by atoms with Gasteiger partial charge in [-0.1, -0.05) is 63.6 Å². The van der Waals surface area contributed by atoms with Crippen LogP contribution in [0.15, 0.2) is 42.2 Å². The summed E-state index contributed by atoms with van der Waals surface area (Å²) in [6.07, 6.45) is 11.6. The number of aliphatic hydroxyl groups excluding tert-OH is 1. The zero-order valence-electron chi connectivity index (χ0n) is 22.0. The van der Waals surface area contributed by atoms with Crippen molar-refractivity contribution in [2.75, 3.05) is 0 Å². The fourth-order valence-electron chi connectivity index (χ4n) is 8.72. The third-order valence-electron chi connectivity index (χ3n) is 10.8. The number of aromatic nitrogens is 4. The molecule has 7 rings (SSSR count). The van der Waals surface area contributed by atoms with E-state index in [1.165, 1.54) is 46.5 Å². The molecule has 1 N–H and O–H groups in total. The molecule has 2 saturated carbocycles. The van der Waals surface area contributed by atoms with Gasteiger partial charge in [0.05, 0.1) is 17.5 Å². The predicted octanol–water partition coefficient (Wildman–Crippen LogP) is 6.25. The van der Waals surface area contributed by atoms with Gasteiger partial charge in [0, 0.05) is 16.5 Å². The molecule has 5 heteroatoms. The molecule has 0 aliphatic heterocycles. The zero-order valence-corrected chi connectivity index (χ0v) is 22.0. The number of allylic oxidation sites excluding steroid dienone is 1. The Bertz CT molecular complexity index is 1370. The summed E-state index contributed by atoms with van der Waals surface area (Å²) in [4.78, 5) is 9.75. The minimum Gasteiger partial charge on any atom is -0.393 e. The van der Waals surface area contributed by atoms with Crippen molar-refractivity contribution in [1.82, 2.24) is 19.6 Å². The fraction of sp³-hybridized carbons (Fsp3) is 0.581. The van der Waals surface area contributed by atoms with Crippen molar-refractivity contribution in [3.05, 3.63) is 59.1 Å². The van der Waals surface area contributed by atoms with Crippen LogP contribution in [0.2, 0.25) is 0 Å². The van der Waals surface area contributed by atoms with Gasteiger partial charge in [0.25, 0.3) is 5.78 Å². The monoisotopic (exact) mass is 482 g/mol. The average molecular weight is 483 g/mol. The molecule has 0 amide bonds. The summed E-state index contributed by atoms with van der Waals surface area (Å²) in [5.74, 6) is 3.19. The van der Waals surface area contributed by atoms with E-state index < -0.39 is 0 Å². The summed E-state index contributed by atoms with van der Waals surface area (Å²) < 4.78 is 1.98. The fourth-order valence-corrected chi connectivity index (χ4v) is 8.72. The lowest BCUT2D eigenvalue weighted by Crippen LogP contribution is -2.51. The molecule has 188 valence electrons. The average Bonchev–Trinajstić information content (AvgIpc) is 3.45. The molecular formula is C31H38N4O. The van der Waals surface area contributed by atoms with E-state index in [0.717, 1.165) is 37.9 Å². The molecule has 0 spiro atoms. The first-order chi connectivity index (χ1) is 17.3. The first-order valence-corrected chi connectivity index (χ1v) is 14.0. The smallest absolute Gasteiger partial charge is 0.252 e. The molecular weight excluding hydrogens is 444 g/mol. The summed E-state index contributed by atoms with van der Waals surface area (Å²) in [5.41, 5.74) is 8.28. The minimum absolute atomic E-state index is 0.0761. The molecule has 0 bridgehead atoms. The topological polar surface area (TPSA) is 63.3 Å². The quantitative estimate of drug-likeness (QED) is 0.438. The van der Waals surface area contributed by atoms with Gasteiger partial charge in [-0.3, -0.25) is 0 Å². The van der Waals surface area contributed by atoms with Gasteiger partial charge in [0.15, 0.2) is 0 Å². The molecule has 6 atom stereocenters. The summed E-state index contributed by atoms with van der Waals surface area (Å²) in [6.45, 7) is 9.48. The normalized spacial score (nSPS) is 35.2. The highest BCUT2D eigenvalue weighted by Crippen LogP contribution is 2.64. The lowest BCUT2D eigenvalue weighted by molar-refractivity contribution is -0.0169. The van der Waals surface area contributed by atoms with Crippen molar-refractivity contribution in [3.63, 3.8) is 0 Å². The van der Waals surface area contributed by atoms with Gasteiger partial charge < -0.3 is 5.11 Å². The van der Waals surface area contributed by atoms with Crippen LogP contribution in [0.3, 0.4) is 0 Å². The molecule has 2 aromatic heterocycles. The van der Waals surface area contributed by atoms with E-state index in [9.17, 15) is 5.11 Å². The van der Waals surface area contributed by atoms with Gasteiger partial charge in [-0.25, -0.2) is 4.98 Å². The van der Waals surface area contributed by atoms with Crippen LogP contribution in [0, 0.1) is 23.2 Å². The molecule has 2 fully saturated rings. The Morgan fingerprint density at radius 2 is 1.78 bits per heavy atom. The first kappa shape index (κ1) is 22.7. The van der Waals surface area contributed by atoms with Crippen LogP contribution in [0.1, 0.15) is 89.0 Å². The van der Waals surface area contributed by atoms with Gasteiger partial charge in [-0.05, 0) is 79.6 Å². The highest BCUT2D eigenvalue weighted by Gasteiger charge is 2.58. The summed E-state index contributed by atoms with van der Waals surface area (Å²) in [5, 5.41) is 15.0. The second-order valence-electron chi connectivity index (χ2n) is 12.9. The van der Waals surface area contributed by atoms with E-state index in [1.54, 1.807) is 6.33 Å². The lowest BCUT2D eigenvalue weighted by atomic mass is 9.48. The Kier molecular flexibility index (Phi) is 4.87. The standard InChI is InChI=1S/C31H38N4O/c1-18(2)19-5-7-20(8-6-19)27-24-16-26-23-10-9-21-15-22(36)11-13-30(21,3)25(23)12-14-31(26,4)28(24)34-29-32-17-33-35(27)29/h5-9,17-18,22-23,25-26,36H,10-16H2,1-4H3/t22-,23+,25-,26-,30-,31-/m0/s1. The van der Waals surface area contributed by atoms with Crippen molar-refractivity contribution in [2.24, 2.45) is 23.2 Å². The third kappa shape index (κ3) is 3.01. The van der Waals surface area contributed by atoms with E-state index >= 15 is 0 Å². The van der Waals surface area contributed by atoms with Crippen LogP contribution in [0.25, 0.3) is 17.0 Å². The van der Waals surface area contributed by atoms with Gasteiger partial charge in [-0.15, -0.1) is 0 Å². The van der Waals surface area contributed by atoms with Gasteiger partial charge in [0.2, 0.25) is 0 Å². The number of nitrogens with zero attached hydrogens (tertiary/aromatic N) is 4. The van der Waals surface area contributed by atoms with Crippen molar-refractivity contribution in [2.45, 2.75) is 90.1 Å². The van der Waals surface area contributed by atoms with Crippen molar-refractivity contribution in [3.8, 4) is 11.3 Å². The van der Waals surface area contributed by atoms with Crippen LogP contribution >= 0.6 is 0 Å². The van der Waals surface area contributed by atoms with Crippen LogP contribution in [-0.4, -0.2) is 30.8 Å². The number of rotatable bonds is 2. The number of hydrogen-bond acceptors (Lipinski definition) is 4. The van der Waals surface area contributed by atoms with Crippen molar-refractivity contribution >= 4 is 5.78 Å². The maximum Gasteiger partial charge on any atom is 0.252 e. The van der Waals surface area contributed by atoms with E-state index in [4.69, 9.17) is 4.98 Å². The second-order valence-corrected chi connectivity index (χ2v) is 12.9. The summed E-state index contributed by atoms with van der Waals surface area (Å²) >= 11 is 0. The van der Waals surface area contributed by atoms with E-state index in [1.807, 2.05) is 4.52 Å². The number of aliphatic hydroxyl groups is 1. The van der Waals surface area contributed by atoms with Crippen LogP contribution in [0.4, 0.5) is 0 Å². The van der Waals surface area contributed by atoms with E-state index in [-0.39, 0.29) is 16.9 Å². The largest absolute Gasteiger partial charge is 0.393 e. The van der Waals surface area contributed by atoms with E-state index in [2.05, 4.69) is 68.1 Å². The van der Waals surface area contributed by atoms with E-state index in [0.29, 0.717) is 23.7 Å². The molecule has 4 aliphatic rings. The first-order valence-electron chi connectivity index (χ1n) is 14.0. The Hall–Kier alpha value is -2.53. The van der Waals surface area contributed by atoms with Crippen LogP contribution < -0.4 is 0 Å². The lowest BCUT2D eigenvalue weighted by Gasteiger charge is -2.57. The number of hydrogen-bond donors (Lipinski definition) is 1. The van der Waals surface area contributed by atoms with Crippen molar-refractivity contribution < 1.29 is 5.11 Å². The Balaban J connectivity index is 1.34. The molecule has 1 aromatic carbocycles. The molecule has 3 aromatic rings. The number of benzene rings is 1. The SMILES string of the molecule is CC(C)c1ccc(-c2c3c(nc4ncnn24)[C@@]2(C)CC[C@H]4[C@@H](CC=C5C[C@@H](O)CC[C@@]54C)[C@@H]2C3)cc1. The number of fused-ring (bicyclic) bond motifs is 8. The second kappa shape index (κ2) is 7.74. The third-order valence-corrected chi connectivity index (χ3v) is 10.8. The van der Waals surface area contributed by atoms with Crippen LogP contribution in [0.5, 0.6) is 0 Å². The summed E-state index contributed by atoms with van der Waals surface area (Å²) in [6, 6.07) is 9.06. The maximum atomic E-state index is 10.4. The van der Waals surface area contributed by atoms with Crippen molar-refractivity contribution in [1.29, 1.82) is 0 Å². The molecule has 0 unspecified atom stereocenters. The highest BCUT2D eigenvalue weighted by molar-refractivity contribution is 5.69. The van der Waals surface area contributed by atoms with Gasteiger partial charge in [0.1, 0.15) is 6.33 Å². The minimum atomic E-state index is -0.150. The Morgan fingerprint density at radius 1 is 1.00 bits per heavy atom. The predicted molar refractivity (Wildman–Crippen MR) is 142 cm³/mol. The Labute approximate surface area is 214 Å². The van der Waals surface area contributed by atoms with Gasteiger partial charge in [-0.2, -0.15) is 14.6 Å².